The summed E-state index contributed by atoms with van der Waals surface area (Å²) < 4.78 is 0. The van der Waals surface area contributed by atoms with E-state index in [1.54, 1.807) is 6.20 Å². The molecule has 1 aliphatic carbocycles. The summed E-state index contributed by atoms with van der Waals surface area (Å²) >= 11 is 0. The zero-order valence-electron chi connectivity index (χ0n) is 12.5. The quantitative estimate of drug-likeness (QED) is 0.815. The van der Waals surface area contributed by atoms with Gasteiger partial charge in [0.2, 0.25) is 0 Å². The summed E-state index contributed by atoms with van der Waals surface area (Å²) in [6.07, 6.45) is 5.78. The Morgan fingerprint density at radius 2 is 2.05 bits per heavy atom. The molecule has 1 heterocycles. The Balaban J connectivity index is 2.55. The number of hydrogen-bond donors (Lipinski definition) is 2. The van der Waals surface area contributed by atoms with Gasteiger partial charge in [-0.25, -0.2) is 4.98 Å². The molecule has 1 aromatic rings. The Kier molecular flexibility index (Phi) is 3.61. The van der Waals surface area contributed by atoms with Gasteiger partial charge in [-0.1, -0.05) is 33.6 Å². The molecular weight excluding hydrogens is 236 g/mol. The Morgan fingerprint density at radius 3 is 2.63 bits per heavy atom. The molecule has 0 aromatic carbocycles. The molecule has 0 amide bonds. The Bertz CT molecular complexity index is 444. The lowest BCUT2D eigenvalue weighted by atomic mass is 9.61. The minimum atomic E-state index is -0.834. The third-order valence-corrected chi connectivity index (χ3v) is 4.54. The van der Waals surface area contributed by atoms with Gasteiger partial charge in [0.1, 0.15) is 5.82 Å². The predicted molar refractivity (Wildman–Crippen MR) is 78.7 cm³/mol. The van der Waals surface area contributed by atoms with E-state index in [4.69, 9.17) is 5.73 Å². The molecule has 3 N–H and O–H groups in total. The summed E-state index contributed by atoms with van der Waals surface area (Å²) in [7, 11) is 0. The molecule has 3 heteroatoms. The van der Waals surface area contributed by atoms with Crippen LogP contribution in [0.4, 0.5) is 5.82 Å². The molecule has 0 radical (unpaired) electrons. The van der Waals surface area contributed by atoms with Crippen LogP contribution in [0.3, 0.4) is 0 Å². The maximum absolute atomic E-state index is 11.4. The summed E-state index contributed by atoms with van der Waals surface area (Å²) in [6.45, 7) is 8.63. The van der Waals surface area contributed by atoms with Crippen LogP contribution >= 0.6 is 0 Å². The van der Waals surface area contributed by atoms with Crippen LogP contribution < -0.4 is 5.73 Å². The van der Waals surface area contributed by atoms with Gasteiger partial charge in [-0.05, 0) is 42.7 Å². The summed E-state index contributed by atoms with van der Waals surface area (Å²) in [4.78, 5) is 4.19. The monoisotopic (exact) mass is 262 g/mol. The molecule has 2 rings (SSSR count). The second-order valence-corrected chi connectivity index (χ2v) is 6.98. The van der Waals surface area contributed by atoms with Crippen molar-refractivity contribution in [2.45, 2.75) is 59.0 Å². The van der Waals surface area contributed by atoms with Gasteiger partial charge in [-0.3, -0.25) is 0 Å². The van der Waals surface area contributed by atoms with Crippen LogP contribution in [0.5, 0.6) is 0 Å². The number of nitrogen functional groups attached to an aromatic ring is 1. The zero-order chi connectivity index (χ0) is 14.3. The molecule has 1 saturated carbocycles. The molecule has 0 aliphatic heterocycles. The van der Waals surface area contributed by atoms with Crippen molar-refractivity contribution in [1.29, 1.82) is 0 Å². The third-order valence-electron chi connectivity index (χ3n) is 4.54. The number of aryl methyl sites for hydroxylation is 1. The fourth-order valence-corrected chi connectivity index (χ4v) is 3.75. The fraction of sp³-hybridized carbons (Fsp3) is 0.688. The molecule has 106 valence electrons. The standard InChI is InChI=1S/C16H26N2O/c1-11-8-10-18-14(17)13(11)16(19)9-6-5-7-12(16)15(2,3)4/h8,10,12,19H,5-7,9H2,1-4H3,(H2,17,18). The van der Waals surface area contributed by atoms with E-state index in [-0.39, 0.29) is 11.3 Å². The van der Waals surface area contributed by atoms with Gasteiger partial charge in [-0.2, -0.15) is 0 Å². The summed E-state index contributed by atoms with van der Waals surface area (Å²) in [5, 5.41) is 11.4. The highest BCUT2D eigenvalue weighted by molar-refractivity contribution is 5.48. The highest BCUT2D eigenvalue weighted by Crippen LogP contribution is 2.51. The van der Waals surface area contributed by atoms with E-state index >= 15 is 0 Å². The Morgan fingerprint density at radius 1 is 1.37 bits per heavy atom. The van der Waals surface area contributed by atoms with Crippen LogP contribution in [0.15, 0.2) is 12.3 Å². The highest BCUT2D eigenvalue weighted by atomic mass is 16.3. The van der Waals surface area contributed by atoms with Crippen LogP contribution in [0, 0.1) is 18.3 Å². The molecule has 0 bridgehead atoms. The van der Waals surface area contributed by atoms with Crippen LogP contribution in [0.25, 0.3) is 0 Å². The van der Waals surface area contributed by atoms with Crippen molar-refractivity contribution in [3.05, 3.63) is 23.4 Å². The second kappa shape index (κ2) is 4.78. The summed E-state index contributed by atoms with van der Waals surface area (Å²) in [6, 6.07) is 1.94. The number of nitrogens with zero attached hydrogens (tertiary/aromatic N) is 1. The maximum atomic E-state index is 11.4. The topological polar surface area (TPSA) is 59.1 Å². The second-order valence-electron chi connectivity index (χ2n) is 6.98. The van der Waals surface area contributed by atoms with E-state index in [9.17, 15) is 5.11 Å². The fourth-order valence-electron chi connectivity index (χ4n) is 3.75. The van der Waals surface area contributed by atoms with Crippen LogP contribution in [-0.2, 0) is 5.60 Å². The number of aromatic nitrogens is 1. The van der Waals surface area contributed by atoms with Crippen molar-refractivity contribution in [2.75, 3.05) is 5.73 Å². The first-order valence-corrected chi connectivity index (χ1v) is 7.21. The Labute approximate surface area is 116 Å². The van der Waals surface area contributed by atoms with Crippen LogP contribution in [0.2, 0.25) is 0 Å². The molecule has 0 saturated heterocycles. The van der Waals surface area contributed by atoms with Gasteiger partial charge in [0.25, 0.3) is 0 Å². The molecule has 1 aromatic heterocycles. The van der Waals surface area contributed by atoms with Crippen molar-refractivity contribution in [2.24, 2.45) is 11.3 Å². The Hall–Kier alpha value is -1.09. The summed E-state index contributed by atoms with van der Waals surface area (Å²) in [5.74, 6) is 0.706. The highest BCUT2D eigenvalue weighted by Gasteiger charge is 2.47. The normalized spacial score (nSPS) is 28.4. The molecule has 2 atom stereocenters. The van der Waals surface area contributed by atoms with Crippen molar-refractivity contribution < 1.29 is 5.11 Å². The number of aliphatic hydroxyl groups is 1. The molecule has 19 heavy (non-hydrogen) atoms. The first kappa shape index (κ1) is 14.3. The van der Waals surface area contributed by atoms with E-state index in [0.717, 1.165) is 30.4 Å². The van der Waals surface area contributed by atoms with Gasteiger partial charge in [-0.15, -0.1) is 0 Å². The lowest BCUT2D eigenvalue weighted by Crippen LogP contribution is -2.45. The number of nitrogens with two attached hydrogens (primary N) is 1. The lowest BCUT2D eigenvalue weighted by molar-refractivity contribution is -0.0959. The van der Waals surface area contributed by atoms with E-state index in [2.05, 4.69) is 25.8 Å². The smallest absolute Gasteiger partial charge is 0.129 e. The predicted octanol–water partition coefficient (Wildman–Crippen LogP) is 3.40. The average molecular weight is 262 g/mol. The van der Waals surface area contributed by atoms with E-state index in [0.29, 0.717) is 5.82 Å². The zero-order valence-corrected chi connectivity index (χ0v) is 12.5. The minimum absolute atomic E-state index is 0.0594. The molecule has 3 nitrogen and oxygen atoms in total. The van der Waals surface area contributed by atoms with Crippen molar-refractivity contribution in [3.63, 3.8) is 0 Å². The summed E-state index contributed by atoms with van der Waals surface area (Å²) in [5.41, 5.74) is 7.20. The van der Waals surface area contributed by atoms with Crippen molar-refractivity contribution >= 4 is 5.82 Å². The van der Waals surface area contributed by atoms with Gasteiger partial charge in [0, 0.05) is 11.8 Å². The first-order chi connectivity index (χ1) is 8.77. The third kappa shape index (κ3) is 2.48. The maximum Gasteiger partial charge on any atom is 0.129 e. The van der Waals surface area contributed by atoms with E-state index in [1.807, 2.05) is 13.0 Å². The van der Waals surface area contributed by atoms with Gasteiger partial charge < -0.3 is 10.8 Å². The molecule has 2 unspecified atom stereocenters. The largest absolute Gasteiger partial charge is 0.385 e. The van der Waals surface area contributed by atoms with E-state index < -0.39 is 5.60 Å². The molecule has 1 aliphatic rings. The lowest BCUT2D eigenvalue weighted by Gasteiger charge is -2.47. The first-order valence-electron chi connectivity index (χ1n) is 7.21. The molecule has 1 fully saturated rings. The van der Waals surface area contributed by atoms with Crippen LogP contribution in [-0.4, -0.2) is 10.1 Å². The van der Waals surface area contributed by atoms with Crippen molar-refractivity contribution in [3.8, 4) is 0 Å². The SMILES string of the molecule is Cc1ccnc(N)c1C1(O)CCCCC1C(C)(C)C. The van der Waals surface area contributed by atoms with Gasteiger partial charge >= 0.3 is 0 Å². The minimum Gasteiger partial charge on any atom is -0.385 e. The average Bonchev–Trinajstić information content (AvgIpc) is 2.27. The number of pyridine rings is 1. The number of rotatable bonds is 1. The molecule has 0 spiro atoms. The number of hydrogen-bond acceptors (Lipinski definition) is 3. The molecular formula is C16H26N2O. The number of anilines is 1. The van der Waals surface area contributed by atoms with Gasteiger partial charge in [0.15, 0.2) is 0 Å². The van der Waals surface area contributed by atoms with Crippen LogP contribution in [0.1, 0.15) is 57.6 Å². The van der Waals surface area contributed by atoms with Gasteiger partial charge in [0.05, 0.1) is 5.60 Å². The van der Waals surface area contributed by atoms with E-state index in [1.165, 1.54) is 6.42 Å². The van der Waals surface area contributed by atoms with Crippen molar-refractivity contribution in [1.82, 2.24) is 4.98 Å².